The summed E-state index contributed by atoms with van der Waals surface area (Å²) in [7, 11) is 0. The zero-order chi connectivity index (χ0) is 9.19. The van der Waals surface area contributed by atoms with Crippen LogP contribution in [0.2, 0.25) is 0 Å². The Morgan fingerprint density at radius 2 is 2.33 bits per heavy atom. The molecule has 1 nitrogen and oxygen atoms in total. The van der Waals surface area contributed by atoms with Crippen LogP contribution in [0.5, 0.6) is 0 Å². The predicted molar refractivity (Wildman–Crippen MR) is 49.5 cm³/mol. The molecule has 1 aliphatic rings. The summed E-state index contributed by atoms with van der Waals surface area (Å²) >= 11 is 0. The molecule has 0 saturated heterocycles. The Morgan fingerprint density at radius 1 is 1.67 bits per heavy atom. The Hall–Kier alpha value is -1.29. The molecular weight excluding hydrogens is 148 g/mol. The van der Waals surface area contributed by atoms with Crippen molar-refractivity contribution in [2.45, 2.75) is 20.3 Å². The second-order valence-corrected chi connectivity index (χ2v) is 3.29. The second-order valence-electron chi connectivity index (χ2n) is 3.29. The van der Waals surface area contributed by atoms with Crippen LogP contribution in [0.4, 0.5) is 0 Å². The van der Waals surface area contributed by atoms with Crippen LogP contribution in [-0.2, 0) is 4.79 Å². The van der Waals surface area contributed by atoms with Crippen molar-refractivity contribution in [1.82, 2.24) is 0 Å². The summed E-state index contributed by atoms with van der Waals surface area (Å²) in [6.45, 7) is 3.84. The molecule has 0 aromatic carbocycles. The third-order valence-electron chi connectivity index (χ3n) is 2.46. The van der Waals surface area contributed by atoms with Gasteiger partial charge in [0.25, 0.3) is 0 Å². The van der Waals surface area contributed by atoms with Gasteiger partial charge in [0.1, 0.15) is 0 Å². The highest BCUT2D eigenvalue weighted by Crippen LogP contribution is 2.34. The molecule has 0 spiro atoms. The minimum atomic E-state index is -0.455. The molecule has 1 rings (SSSR count). The van der Waals surface area contributed by atoms with Crippen LogP contribution in [0, 0.1) is 17.8 Å². The molecule has 0 radical (unpaired) electrons. The highest BCUT2D eigenvalue weighted by atomic mass is 16.1. The van der Waals surface area contributed by atoms with E-state index in [-0.39, 0.29) is 5.78 Å². The van der Waals surface area contributed by atoms with Gasteiger partial charge in [-0.25, -0.2) is 0 Å². The van der Waals surface area contributed by atoms with Crippen molar-refractivity contribution in [3.05, 3.63) is 23.8 Å². The highest BCUT2D eigenvalue weighted by molar-refractivity contribution is 5.98. The fourth-order valence-electron chi connectivity index (χ4n) is 1.27. The minimum Gasteiger partial charge on any atom is -0.294 e. The number of hydrogen-bond donors (Lipinski definition) is 0. The molecule has 0 aliphatic heterocycles. The number of carbonyl (C=O) groups is 1. The lowest BCUT2D eigenvalue weighted by molar-refractivity contribution is -0.121. The van der Waals surface area contributed by atoms with Crippen molar-refractivity contribution in [3.8, 4) is 12.3 Å². The number of rotatable bonds is 1. The van der Waals surface area contributed by atoms with Gasteiger partial charge in [-0.1, -0.05) is 17.7 Å². The molecule has 0 fully saturated rings. The lowest BCUT2D eigenvalue weighted by Gasteiger charge is -2.27. The zero-order valence-corrected chi connectivity index (χ0v) is 7.42. The SMILES string of the molecule is C#CCC1(C)C(=O)C=CC=C1C. The normalized spacial score (nSPS) is 28.1. The van der Waals surface area contributed by atoms with Crippen molar-refractivity contribution in [2.24, 2.45) is 5.41 Å². The summed E-state index contributed by atoms with van der Waals surface area (Å²) in [6.07, 6.45) is 11.0. The number of ketones is 1. The Bertz CT molecular complexity index is 301. The van der Waals surface area contributed by atoms with Crippen molar-refractivity contribution in [3.63, 3.8) is 0 Å². The summed E-state index contributed by atoms with van der Waals surface area (Å²) < 4.78 is 0. The van der Waals surface area contributed by atoms with Crippen LogP contribution in [0.1, 0.15) is 20.3 Å². The van der Waals surface area contributed by atoms with Crippen LogP contribution < -0.4 is 0 Å². The van der Waals surface area contributed by atoms with Gasteiger partial charge in [-0.15, -0.1) is 12.3 Å². The quantitative estimate of drug-likeness (QED) is 0.537. The molecule has 0 bridgehead atoms. The lowest BCUT2D eigenvalue weighted by atomic mass is 9.74. The van der Waals surface area contributed by atoms with Gasteiger partial charge >= 0.3 is 0 Å². The first-order valence-corrected chi connectivity index (χ1v) is 3.94. The van der Waals surface area contributed by atoms with Crippen LogP contribution in [0.25, 0.3) is 0 Å². The van der Waals surface area contributed by atoms with E-state index < -0.39 is 5.41 Å². The van der Waals surface area contributed by atoms with Crippen LogP contribution in [0.15, 0.2) is 23.8 Å². The molecule has 0 aromatic rings. The summed E-state index contributed by atoms with van der Waals surface area (Å²) in [5.41, 5.74) is 0.594. The van der Waals surface area contributed by atoms with Crippen LogP contribution in [0.3, 0.4) is 0 Å². The molecule has 1 atom stereocenters. The molecule has 1 aliphatic carbocycles. The Balaban J connectivity index is 3.04. The van der Waals surface area contributed by atoms with Gasteiger partial charge in [0.15, 0.2) is 5.78 Å². The van der Waals surface area contributed by atoms with E-state index in [0.717, 1.165) is 5.57 Å². The molecule has 1 heteroatoms. The Kier molecular flexibility index (Phi) is 2.19. The summed E-state index contributed by atoms with van der Waals surface area (Å²) in [5.74, 6) is 2.65. The van der Waals surface area contributed by atoms with Gasteiger partial charge in [0.2, 0.25) is 0 Å². The average molecular weight is 160 g/mol. The molecular formula is C11H12O. The smallest absolute Gasteiger partial charge is 0.166 e. The number of hydrogen-bond acceptors (Lipinski definition) is 1. The van der Waals surface area contributed by atoms with Gasteiger partial charge in [-0.3, -0.25) is 4.79 Å². The molecule has 62 valence electrons. The standard InChI is InChI=1S/C11H12O/c1-4-8-11(3)9(2)6-5-7-10(11)12/h1,5-7H,8H2,2-3H3. The van der Waals surface area contributed by atoms with E-state index in [1.807, 2.05) is 19.9 Å². The van der Waals surface area contributed by atoms with E-state index in [9.17, 15) is 4.79 Å². The van der Waals surface area contributed by atoms with E-state index in [4.69, 9.17) is 6.42 Å². The maximum absolute atomic E-state index is 11.5. The van der Waals surface area contributed by atoms with E-state index >= 15 is 0 Å². The fraction of sp³-hybridized carbons (Fsp3) is 0.364. The zero-order valence-electron chi connectivity index (χ0n) is 7.42. The highest BCUT2D eigenvalue weighted by Gasteiger charge is 2.33. The van der Waals surface area contributed by atoms with E-state index in [2.05, 4.69) is 5.92 Å². The average Bonchev–Trinajstić information content (AvgIpc) is 2.02. The number of allylic oxidation sites excluding steroid dienone is 4. The predicted octanol–water partition coefficient (Wildman–Crippen LogP) is 2.10. The fourth-order valence-corrected chi connectivity index (χ4v) is 1.27. The maximum Gasteiger partial charge on any atom is 0.166 e. The van der Waals surface area contributed by atoms with Crippen molar-refractivity contribution >= 4 is 5.78 Å². The van der Waals surface area contributed by atoms with Gasteiger partial charge in [-0.05, 0) is 19.9 Å². The van der Waals surface area contributed by atoms with Crippen molar-refractivity contribution in [2.75, 3.05) is 0 Å². The van der Waals surface area contributed by atoms with Crippen molar-refractivity contribution < 1.29 is 4.79 Å². The van der Waals surface area contributed by atoms with Crippen LogP contribution in [-0.4, -0.2) is 5.78 Å². The van der Waals surface area contributed by atoms with Gasteiger partial charge in [0.05, 0.1) is 5.41 Å². The van der Waals surface area contributed by atoms with E-state index in [1.165, 1.54) is 0 Å². The molecule has 1 unspecified atom stereocenters. The third-order valence-corrected chi connectivity index (χ3v) is 2.46. The summed E-state index contributed by atoms with van der Waals surface area (Å²) in [6, 6.07) is 0. The Morgan fingerprint density at radius 3 is 2.83 bits per heavy atom. The van der Waals surface area contributed by atoms with E-state index in [0.29, 0.717) is 6.42 Å². The molecule has 0 aromatic heterocycles. The molecule has 0 amide bonds. The lowest BCUT2D eigenvalue weighted by Crippen LogP contribution is -2.28. The minimum absolute atomic E-state index is 0.112. The number of terminal acetylenes is 1. The van der Waals surface area contributed by atoms with Crippen LogP contribution >= 0.6 is 0 Å². The first-order valence-electron chi connectivity index (χ1n) is 3.94. The monoisotopic (exact) mass is 160 g/mol. The maximum atomic E-state index is 11.5. The Labute approximate surface area is 73.2 Å². The van der Waals surface area contributed by atoms with Gasteiger partial charge < -0.3 is 0 Å². The number of carbonyl (C=O) groups excluding carboxylic acids is 1. The first kappa shape index (κ1) is 8.80. The molecule has 0 N–H and O–H groups in total. The second kappa shape index (κ2) is 2.98. The summed E-state index contributed by atoms with van der Waals surface area (Å²) in [4.78, 5) is 11.5. The first-order chi connectivity index (χ1) is 5.61. The van der Waals surface area contributed by atoms with Gasteiger partial charge in [-0.2, -0.15) is 0 Å². The largest absolute Gasteiger partial charge is 0.294 e. The molecule has 0 heterocycles. The van der Waals surface area contributed by atoms with E-state index in [1.54, 1.807) is 12.2 Å². The van der Waals surface area contributed by atoms with Crippen molar-refractivity contribution in [1.29, 1.82) is 0 Å². The van der Waals surface area contributed by atoms with Gasteiger partial charge in [0, 0.05) is 6.42 Å². The topological polar surface area (TPSA) is 17.1 Å². The third kappa shape index (κ3) is 1.21. The summed E-state index contributed by atoms with van der Waals surface area (Å²) in [5, 5.41) is 0. The molecule has 0 saturated carbocycles. The molecule has 12 heavy (non-hydrogen) atoms.